The van der Waals surface area contributed by atoms with Crippen molar-refractivity contribution in [3.8, 4) is 0 Å². The van der Waals surface area contributed by atoms with E-state index in [9.17, 15) is 4.79 Å². The average Bonchev–Trinajstić information content (AvgIpc) is 2.18. The van der Waals surface area contributed by atoms with Gasteiger partial charge in [-0.15, -0.1) is 0 Å². The first kappa shape index (κ1) is 11.6. The van der Waals surface area contributed by atoms with Gasteiger partial charge in [-0.05, 0) is 13.0 Å². The van der Waals surface area contributed by atoms with Gasteiger partial charge in [-0.25, -0.2) is 4.79 Å². The summed E-state index contributed by atoms with van der Waals surface area (Å²) >= 11 is 5.91. The number of ether oxygens (including phenoxy) is 1. The minimum Gasteiger partial charge on any atom is -0.463 e. The maximum absolute atomic E-state index is 11.1. The fourth-order valence-electron chi connectivity index (χ4n) is 1.08. The van der Waals surface area contributed by atoms with Gasteiger partial charge in [0.05, 0.1) is 6.61 Å². The van der Waals surface area contributed by atoms with Crippen LogP contribution in [0.25, 0.3) is 5.70 Å². The zero-order valence-corrected chi connectivity index (χ0v) is 9.12. The van der Waals surface area contributed by atoms with Crippen molar-refractivity contribution < 1.29 is 9.53 Å². The Hall–Kier alpha value is -1.48. The molecule has 0 saturated heterocycles. The number of hydrogen-bond acceptors (Lipinski definition) is 3. The Morgan fingerprint density at radius 2 is 2.20 bits per heavy atom. The molecule has 1 rings (SSSR count). The molecule has 0 aliphatic rings. The molecule has 0 heterocycles. The van der Waals surface area contributed by atoms with Crippen molar-refractivity contribution in [3.05, 3.63) is 40.9 Å². The van der Waals surface area contributed by atoms with Gasteiger partial charge >= 0.3 is 5.97 Å². The molecule has 1 aromatic rings. The normalized spacial score (nSPS) is 11.2. The molecule has 0 fully saturated rings. The van der Waals surface area contributed by atoms with Gasteiger partial charge in [0.25, 0.3) is 0 Å². The Kier molecular flexibility index (Phi) is 4.18. The molecular formula is C11H12ClNO2. The molecule has 0 spiro atoms. The molecule has 0 saturated carbocycles. The summed E-state index contributed by atoms with van der Waals surface area (Å²) in [4.78, 5) is 11.1. The highest BCUT2D eigenvalue weighted by atomic mass is 35.5. The predicted molar refractivity (Wildman–Crippen MR) is 60.2 cm³/mol. The molecule has 2 N–H and O–H groups in total. The summed E-state index contributed by atoms with van der Waals surface area (Å²) in [6, 6.07) is 7.05. The molecule has 80 valence electrons. The van der Waals surface area contributed by atoms with Crippen LogP contribution < -0.4 is 5.73 Å². The van der Waals surface area contributed by atoms with Crippen molar-refractivity contribution in [2.75, 3.05) is 6.61 Å². The molecule has 0 unspecified atom stereocenters. The molecule has 0 amide bonds. The number of esters is 1. The van der Waals surface area contributed by atoms with Gasteiger partial charge in [0.1, 0.15) is 0 Å². The highest BCUT2D eigenvalue weighted by Crippen LogP contribution is 2.19. The molecule has 0 atom stereocenters. The van der Waals surface area contributed by atoms with Gasteiger partial charge in [0.15, 0.2) is 0 Å². The second-order valence-corrected chi connectivity index (χ2v) is 3.24. The maximum Gasteiger partial charge on any atom is 0.332 e. The third-order valence-electron chi connectivity index (χ3n) is 1.74. The van der Waals surface area contributed by atoms with Crippen LogP contribution in [0.5, 0.6) is 0 Å². The molecule has 15 heavy (non-hydrogen) atoms. The lowest BCUT2D eigenvalue weighted by Crippen LogP contribution is -2.05. The number of hydrogen-bond donors (Lipinski definition) is 1. The van der Waals surface area contributed by atoms with Crippen LogP contribution in [-0.2, 0) is 9.53 Å². The molecular weight excluding hydrogens is 214 g/mol. The lowest BCUT2D eigenvalue weighted by molar-refractivity contribution is -0.137. The first-order valence-electron chi connectivity index (χ1n) is 4.54. The number of nitrogens with two attached hydrogens (primary N) is 1. The summed E-state index contributed by atoms with van der Waals surface area (Å²) in [7, 11) is 0. The van der Waals surface area contributed by atoms with Crippen LogP contribution in [-0.4, -0.2) is 12.6 Å². The van der Waals surface area contributed by atoms with Crippen molar-refractivity contribution in [1.29, 1.82) is 0 Å². The first-order chi connectivity index (χ1) is 7.15. The van der Waals surface area contributed by atoms with Gasteiger partial charge in [-0.3, -0.25) is 0 Å². The third kappa shape index (κ3) is 3.29. The van der Waals surface area contributed by atoms with Crippen LogP contribution in [0.1, 0.15) is 12.5 Å². The smallest absolute Gasteiger partial charge is 0.332 e. The number of halogens is 1. The summed E-state index contributed by atoms with van der Waals surface area (Å²) in [5, 5.41) is 0.510. The number of benzene rings is 1. The monoisotopic (exact) mass is 225 g/mol. The summed E-state index contributed by atoms with van der Waals surface area (Å²) in [6.45, 7) is 2.06. The summed E-state index contributed by atoms with van der Waals surface area (Å²) in [6.07, 6.45) is 1.23. The molecule has 0 aliphatic heterocycles. The standard InChI is InChI=1S/C11H12ClNO2/c1-2-15-11(14)7-10(13)8-5-3-4-6-9(8)12/h3-7H,2,13H2,1H3/b10-7+. The van der Waals surface area contributed by atoms with Crippen LogP contribution in [0.15, 0.2) is 30.3 Å². The van der Waals surface area contributed by atoms with Crippen LogP contribution in [0.2, 0.25) is 5.02 Å². The molecule has 0 radical (unpaired) electrons. The van der Waals surface area contributed by atoms with Gasteiger partial charge in [-0.1, -0.05) is 29.8 Å². The minimum absolute atomic E-state index is 0.305. The van der Waals surface area contributed by atoms with E-state index in [0.717, 1.165) is 0 Å². The lowest BCUT2D eigenvalue weighted by atomic mass is 10.1. The fourth-order valence-corrected chi connectivity index (χ4v) is 1.33. The van der Waals surface area contributed by atoms with E-state index in [1.807, 2.05) is 0 Å². The largest absolute Gasteiger partial charge is 0.463 e. The maximum atomic E-state index is 11.1. The van der Waals surface area contributed by atoms with Crippen LogP contribution in [0, 0.1) is 0 Å². The minimum atomic E-state index is -0.463. The van der Waals surface area contributed by atoms with E-state index in [4.69, 9.17) is 22.1 Å². The second-order valence-electron chi connectivity index (χ2n) is 2.83. The van der Waals surface area contributed by atoms with Crippen LogP contribution >= 0.6 is 11.6 Å². The van der Waals surface area contributed by atoms with E-state index in [-0.39, 0.29) is 0 Å². The number of carbonyl (C=O) groups excluding carboxylic acids is 1. The summed E-state index contributed by atoms with van der Waals surface area (Å²) in [5.41, 5.74) is 6.64. The molecule has 3 nitrogen and oxygen atoms in total. The van der Waals surface area contributed by atoms with Gasteiger partial charge < -0.3 is 10.5 Å². The Bertz CT molecular complexity index is 388. The van der Waals surface area contributed by atoms with E-state index in [1.165, 1.54) is 6.08 Å². The Morgan fingerprint density at radius 1 is 1.53 bits per heavy atom. The molecule has 4 heteroatoms. The zero-order valence-electron chi connectivity index (χ0n) is 8.37. The average molecular weight is 226 g/mol. The zero-order chi connectivity index (χ0) is 11.3. The van der Waals surface area contributed by atoms with E-state index in [1.54, 1.807) is 31.2 Å². The Morgan fingerprint density at radius 3 is 2.80 bits per heavy atom. The van der Waals surface area contributed by atoms with Gasteiger partial charge in [-0.2, -0.15) is 0 Å². The van der Waals surface area contributed by atoms with E-state index < -0.39 is 5.97 Å². The first-order valence-corrected chi connectivity index (χ1v) is 4.91. The Balaban J connectivity index is 2.89. The molecule has 1 aromatic carbocycles. The van der Waals surface area contributed by atoms with E-state index in [0.29, 0.717) is 22.9 Å². The summed E-state index contributed by atoms with van der Waals surface area (Å²) < 4.78 is 4.74. The van der Waals surface area contributed by atoms with Crippen molar-refractivity contribution in [3.63, 3.8) is 0 Å². The second kappa shape index (κ2) is 5.41. The Labute approximate surface area is 93.5 Å². The van der Waals surface area contributed by atoms with E-state index >= 15 is 0 Å². The fraction of sp³-hybridized carbons (Fsp3) is 0.182. The lowest BCUT2D eigenvalue weighted by Gasteiger charge is -2.03. The van der Waals surface area contributed by atoms with Crippen molar-refractivity contribution in [2.45, 2.75) is 6.92 Å². The quantitative estimate of drug-likeness (QED) is 0.634. The van der Waals surface area contributed by atoms with Crippen molar-refractivity contribution in [2.24, 2.45) is 5.73 Å². The molecule has 0 aromatic heterocycles. The highest BCUT2D eigenvalue weighted by molar-refractivity contribution is 6.32. The van der Waals surface area contributed by atoms with Crippen LogP contribution in [0.4, 0.5) is 0 Å². The van der Waals surface area contributed by atoms with Crippen LogP contribution in [0.3, 0.4) is 0 Å². The predicted octanol–water partition coefficient (Wildman–Crippen LogP) is 2.20. The van der Waals surface area contributed by atoms with Gasteiger partial charge in [0.2, 0.25) is 0 Å². The number of rotatable bonds is 3. The SMILES string of the molecule is CCOC(=O)/C=C(/N)c1ccccc1Cl. The van der Waals surface area contributed by atoms with Crippen molar-refractivity contribution in [1.82, 2.24) is 0 Å². The summed E-state index contributed by atoms with van der Waals surface area (Å²) in [5.74, 6) is -0.463. The molecule has 0 aliphatic carbocycles. The van der Waals surface area contributed by atoms with Gasteiger partial charge in [0, 0.05) is 22.4 Å². The van der Waals surface area contributed by atoms with Crippen molar-refractivity contribution >= 4 is 23.3 Å². The highest BCUT2D eigenvalue weighted by Gasteiger charge is 2.04. The topological polar surface area (TPSA) is 52.3 Å². The number of carbonyl (C=O) groups is 1. The molecule has 0 bridgehead atoms. The van der Waals surface area contributed by atoms with E-state index in [2.05, 4.69) is 0 Å². The third-order valence-corrected chi connectivity index (χ3v) is 2.07.